The molecule has 1 fully saturated rings. The number of aromatic nitrogens is 2. The molecular weight excluding hydrogens is 418 g/mol. The molecule has 7 heteroatoms. The van der Waals surface area contributed by atoms with E-state index in [1.165, 1.54) is 0 Å². The van der Waals surface area contributed by atoms with Crippen molar-refractivity contribution in [3.8, 4) is 5.75 Å². The normalized spacial score (nSPS) is 17.5. The molecule has 2 N–H and O–H groups in total. The van der Waals surface area contributed by atoms with Crippen molar-refractivity contribution in [3.05, 3.63) is 65.7 Å². The van der Waals surface area contributed by atoms with E-state index in [4.69, 9.17) is 9.15 Å². The number of fused-ring (bicyclic) bond motifs is 2. The summed E-state index contributed by atoms with van der Waals surface area (Å²) in [5, 5.41) is 22.6. The van der Waals surface area contributed by atoms with Crippen LogP contribution in [0, 0.1) is 13.8 Å². The quantitative estimate of drug-likeness (QED) is 0.431. The molecule has 1 aliphatic rings. The Bertz CT molecular complexity index is 1280. The van der Waals surface area contributed by atoms with Crippen LogP contribution < -0.4 is 4.74 Å². The van der Waals surface area contributed by atoms with Gasteiger partial charge in [0.2, 0.25) is 0 Å². The third-order valence-electron chi connectivity index (χ3n) is 6.43. The van der Waals surface area contributed by atoms with Gasteiger partial charge in [-0.25, -0.2) is 4.98 Å². The second-order valence-corrected chi connectivity index (χ2v) is 9.01. The number of aliphatic hydroxyl groups is 2. The van der Waals surface area contributed by atoms with E-state index < -0.39 is 11.9 Å². The molecule has 172 valence electrons. The molecule has 1 saturated heterocycles. The molecule has 0 bridgehead atoms. The number of ether oxygens (including phenoxy) is 1. The first kappa shape index (κ1) is 21.8. The molecule has 0 saturated carbocycles. The number of benzene rings is 2. The van der Waals surface area contributed by atoms with Gasteiger partial charge < -0.3 is 24.3 Å². The van der Waals surface area contributed by atoms with Gasteiger partial charge in [0.25, 0.3) is 0 Å². The summed E-state index contributed by atoms with van der Waals surface area (Å²) in [5.41, 5.74) is 3.06. The van der Waals surface area contributed by atoms with Crippen LogP contribution in [0.4, 0.5) is 0 Å². The zero-order chi connectivity index (χ0) is 23.0. The Morgan fingerprint density at radius 3 is 2.67 bits per heavy atom. The van der Waals surface area contributed by atoms with E-state index in [2.05, 4.69) is 14.9 Å². The van der Waals surface area contributed by atoms with Gasteiger partial charge in [0, 0.05) is 26.1 Å². The molecule has 5 rings (SSSR count). The van der Waals surface area contributed by atoms with Gasteiger partial charge in [-0.3, -0.25) is 4.98 Å². The van der Waals surface area contributed by atoms with E-state index in [9.17, 15) is 10.2 Å². The number of rotatable bonds is 6. The van der Waals surface area contributed by atoms with Gasteiger partial charge in [-0.2, -0.15) is 0 Å². The van der Waals surface area contributed by atoms with E-state index >= 15 is 0 Å². The predicted octanol–water partition coefficient (Wildman–Crippen LogP) is 4.06. The van der Waals surface area contributed by atoms with E-state index in [0.29, 0.717) is 50.3 Å². The van der Waals surface area contributed by atoms with Crippen LogP contribution in [0.15, 0.2) is 53.1 Å². The van der Waals surface area contributed by atoms with Crippen LogP contribution >= 0.6 is 0 Å². The molecule has 0 radical (unpaired) electrons. The number of aliphatic hydroxyl groups excluding tert-OH is 1. The maximum Gasteiger partial charge on any atom is 0.198 e. The Balaban J connectivity index is 1.18. The van der Waals surface area contributed by atoms with Gasteiger partial charge >= 0.3 is 0 Å². The van der Waals surface area contributed by atoms with Crippen LogP contribution in [-0.2, 0) is 5.60 Å². The lowest BCUT2D eigenvalue weighted by atomic mass is 9.88. The van der Waals surface area contributed by atoms with Gasteiger partial charge in [-0.15, -0.1) is 0 Å². The van der Waals surface area contributed by atoms with Gasteiger partial charge in [0.1, 0.15) is 22.7 Å². The lowest BCUT2D eigenvalue weighted by Gasteiger charge is -2.37. The maximum atomic E-state index is 11.2. The van der Waals surface area contributed by atoms with Crippen LogP contribution in [-0.4, -0.2) is 51.0 Å². The van der Waals surface area contributed by atoms with E-state index in [0.717, 1.165) is 33.3 Å². The van der Waals surface area contributed by atoms with Crippen LogP contribution in [0.3, 0.4) is 0 Å². The zero-order valence-electron chi connectivity index (χ0n) is 19.0. The van der Waals surface area contributed by atoms with Gasteiger partial charge in [0.15, 0.2) is 6.29 Å². The van der Waals surface area contributed by atoms with Crippen LogP contribution in [0.1, 0.15) is 36.3 Å². The zero-order valence-corrected chi connectivity index (χ0v) is 19.0. The first-order chi connectivity index (χ1) is 15.9. The molecule has 33 heavy (non-hydrogen) atoms. The number of furan rings is 1. The van der Waals surface area contributed by atoms with Gasteiger partial charge in [-0.1, -0.05) is 12.1 Å². The first-order valence-corrected chi connectivity index (χ1v) is 11.4. The fourth-order valence-electron chi connectivity index (χ4n) is 4.55. The number of aryl methyl sites for hydroxylation is 2. The lowest BCUT2D eigenvalue weighted by Crippen LogP contribution is -2.44. The molecular formula is C26H29N3O4. The largest absolute Gasteiger partial charge is 0.464 e. The molecule has 2 aromatic heterocycles. The highest BCUT2D eigenvalue weighted by molar-refractivity contribution is 5.85. The summed E-state index contributed by atoms with van der Waals surface area (Å²) >= 11 is 0. The number of para-hydroxylation sites is 2. The Hall–Kier alpha value is -3.00. The average molecular weight is 448 g/mol. The third-order valence-corrected chi connectivity index (χ3v) is 6.43. The summed E-state index contributed by atoms with van der Waals surface area (Å²) in [6, 6.07) is 13.5. The van der Waals surface area contributed by atoms with Crippen molar-refractivity contribution < 1.29 is 19.4 Å². The average Bonchev–Trinajstić information content (AvgIpc) is 3.18. The van der Waals surface area contributed by atoms with Crippen molar-refractivity contribution in [1.82, 2.24) is 14.9 Å². The standard InChI is InChI=1S/C26H29N3O4/c1-17-13-22-19(15-18(2)32-22)23(14-17)33-25(30)7-10-29-11-8-26(31,9-12-29)24-16-27-20-5-3-4-6-21(20)28-24/h3-6,13-16,25,30-31H,7-12H2,1-2H3. The summed E-state index contributed by atoms with van der Waals surface area (Å²) < 4.78 is 11.6. The Morgan fingerprint density at radius 2 is 1.88 bits per heavy atom. The summed E-state index contributed by atoms with van der Waals surface area (Å²) in [6.45, 7) is 5.99. The maximum absolute atomic E-state index is 11.2. The Labute approximate surface area is 192 Å². The van der Waals surface area contributed by atoms with Gasteiger partial charge in [0.05, 0.1) is 28.3 Å². The first-order valence-electron chi connectivity index (χ1n) is 11.4. The van der Waals surface area contributed by atoms with Crippen LogP contribution in [0.25, 0.3) is 22.0 Å². The monoisotopic (exact) mass is 447 g/mol. The number of hydrogen-bond donors (Lipinski definition) is 2. The molecule has 0 amide bonds. The molecule has 7 nitrogen and oxygen atoms in total. The minimum absolute atomic E-state index is 0.473. The Kier molecular flexibility index (Phi) is 5.78. The minimum Gasteiger partial charge on any atom is -0.464 e. The fraction of sp³-hybridized carbons (Fsp3) is 0.385. The second-order valence-electron chi connectivity index (χ2n) is 9.01. The van der Waals surface area contributed by atoms with Crippen molar-refractivity contribution in [3.63, 3.8) is 0 Å². The number of nitrogens with zero attached hydrogens (tertiary/aromatic N) is 3. The SMILES string of the molecule is Cc1cc(OC(O)CCN2CCC(O)(c3cnc4ccccc4n3)CC2)c2cc(C)oc2c1. The Morgan fingerprint density at radius 1 is 1.12 bits per heavy atom. The smallest absolute Gasteiger partial charge is 0.198 e. The molecule has 1 aliphatic heterocycles. The van der Waals surface area contributed by atoms with Crippen molar-refractivity contribution in [2.45, 2.75) is 45.0 Å². The highest BCUT2D eigenvalue weighted by atomic mass is 16.6. The number of likely N-dealkylation sites (tertiary alicyclic amines) is 1. The number of hydrogen-bond acceptors (Lipinski definition) is 7. The summed E-state index contributed by atoms with van der Waals surface area (Å²) in [4.78, 5) is 11.3. The van der Waals surface area contributed by atoms with Crippen molar-refractivity contribution >= 4 is 22.0 Å². The second kappa shape index (κ2) is 8.74. The van der Waals surface area contributed by atoms with Crippen molar-refractivity contribution in [1.29, 1.82) is 0 Å². The van der Waals surface area contributed by atoms with Crippen molar-refractivity contribution in [2.24, 2.45) is 0 Å². The number of piperidine rings is 1. The van der Waals surface area contributed by atoms with Crippen molar-refractivity contribution in [2.75, 3.05) is 19.6 Å². The van der Waals surface area contributed by atoms with Crippen LogP contribution in [0.5, 0.6) is 5.75 Å². The summed E-state index contributed by atoms with van der Waals surface area (Å²) in [7, 11) is 0. The molecule has 0 spiro atoms. The summed E-state index contributed by atoms with van der Waals surface area (Å²) in [6.07, 6.45) is 2.39. The molecule has 0 aliphatic carbocycles. The van der Waals surface area contributed by atoms with E-state index in [1.54, 1.807) is 6.20 Å². The molecule has 3 heterocycles. The topological polar surface area (TPSA) is 91.9 Å². The fourth-order valence-corrected chi connectivity index (χ4v) is 4.55. The molecule has 1 atom stereocenters. The predicted molar refractivity (Wildman–Crippen MR) is 126 cm³/mol. The molecule has 1 unspecified atom stereocenters. The van der Waals surface area contributed by atoms with Gasteiger partial charge in [-0.05, 0) is 62.6 Å². The van der Waals surface area contributed by atoms with E-state index in [1.807, 2.05) is 56.3 Å². The lowest BCUT2D eigenvalue weighted by molar-refractivity contribution is -0.0487. The van der Waals surface area contributed by atoms with Crippen LogP contribution in [0.2, 0.25) is 0 Å². The molecule has 2 aromatic carbocycles. The summed E-state index contributed by atoms with van der Waals surface area (Å²) in [5.74, 6) is 1.45. The minimum atomic E-state index is -0.977. The van der Waals surface area contributed by atoms with E-state index in [-0.39, 0.29) is 0 Å². The molecule has 4 aromatic rings. The highest BCUT2D eigenvalue weighted by Crippen LogP contribution is 2.33. The third kappa shape index (κ3) is 4.57. The highest BCUT2D eigenvalue weighted by Gasteiger charge is 2.35.